The number of anilines is 1. The highest BCUT2D eigenvalue weighted by Gasteiger charge is 2.24. The van der Waals surface area contributed by atoms with Crippen LogP contribution in [-0.2, 0) is 18.4 Å². The second kappa shape index (κ2) is 8.84. The number of thiazole rings is 1. The van der Waals surface area contributed by atoms with Crippen molar-refractivity contribution in [3.05, 3.63) is 57.3 Å². The van der Waals surface area contributed by atoms with Gasteiger partial charge in [0, 0.05) is 49.4 Å². The van der Waals surface area contributed by atoms with E-state index in [2.05, 4.69) is 21.9 Å². The molecule has 0 amide bonds. The number of piperidine rings is 1. The minimum absolute atomic E-state index is 0.00520. The van der Waals surface area contributed by atoms with Gasteiger partial charge < -0.3 is 9.64 Å². The van der Waals surface area contributed by atoms with Gasteiger partial charge in [0.1, 0.15) is 11.6 Å². The summed E-state index contributed by atoms with van der Waals surface area (Å²) in [5.41, 5.74) is 2.28. The van der Waals surface area contributed by atoms with Gasteiger partial charge in [0.05, 0.1) is 28.1 Å². The summed E-state index contributed by atoms with van der Waals surface area (Å²) in [7, 11) is 1.83. The highest BCUT2D eigenvalue weighted by molar-refractivity contribution is 7.13. The van der Waals surface area contributed by atoms with Crippen molar-refractivity contribution in [3.63, 3.8) is 0 Å². The first-order chi connectivity index (χ1) is 14.9. The van der Waals surface area contributed by atoms with Crippen LogP contribution in [0.3, 0.4) is 0 Å². The predicted octanol–water partition coefficient (Wildman–Crippen LogP) is 4.05. The topological polar surface area (TPSA) is 103 Å². The molecule has 3 heterocycles. The first-order valence-corrected chi connectivity index (χ1v) is 10.9. The van der Waals surface area contributed by atoms with Crippen LogP contribution in [0.4, 0.5) is 11.4 Å². The van der Waals surface area contributed by atoms with Crippen LogP contribution in [0.5, 0.6) is 0 Å². The van der Waals surface area contributed by atoms with E-state index in [1.165, 1.54) is 23.5 Å². The molecule has 0 spiro atoms. The van der Waals surface area contributed by atoms with Crippen molar-refractivity contribution in [2.24, 2.45) is 13.0 Å². The Morgan fingerprint density at radius 3 is 2.81 bits per heavy atom. The highest BCUT2D eigenvalue weighted by Crippen LogP contribution is 2.30. The van der Waals surface area contributed by atoms with E-state index in [-0.39, 0.29) is 17.9 Å². The number of hydrogen-bond donors (Lipinski definition) is 0. The number of benzene rings is 1. The van der Waals surface area contributed by atoms with Gasteiger partial charge in [-0.15, -0.1) is 11.3 Å². The fraction of sp³-hybridized carbons (Fsp3) is 0.381. The lowest BCUT2D eigenvalue weighted by atomic mass is 9.98. The van der Waals surface area contributed by atoms with Crippen LogP contribution >= 0.6 is 11.3 Å². The Morgan fingerprint density at radius 2 is 2.13 bits per heavy atom. The second-order valence-corrected chi connectivity index (χ2v) is 8.61. The molecule has 0 unspecified atom stereocenters. The van der Waals surface area contributed by atoms with Gasteiger partial charge in [0.2, 0.25) is 0 Å². The molecule has 0 saturated carbocycles. The number of non-ortho nitro benzene ring substituents is 1. The van der Waals surface area contributed by atoms with Crippen molar-refractivity contribution in [1.82, 2.24) is 14.8 Å². The number of nitrogens with zero attached hydrogens (tertiary/aromatic N) is 5. The van der Waals surface area contributed by atoms with E-state index in [0.29, 0.717) is 17.3 Å². The Balaban J connectivity index is 1.51. The zero-order valence-corrected chi connectivity index (χ0v) is 18.2. The molecule has 4 rings (SSSR count). The van der Waals surface area contributed by atoms with Gasteiger partial charge in [-0.3, -0.25) is 14.8 Å². The number of carbonyl (C=O) groups excluding carboxylic acids is 1. The normalized spacial score (nSPS) is 14.6. The molecule has 0 aliphatic carbocycles. The molecule has 31 heavy (non-hydrogen) atoms. The number of aryl methyl sites for hydroxylation is 1. The summed E-state index contributed by atoms with van der Waals surface area (Å²) in [6.07, 6.45) is 5.62. The minimum atomic E-state index is -0.590. The van der Waals surface area contributed by atoms with E-state index in [9.17, 15) is 14.9 Å². The van der Waals surface area contributed by atoms with Crippen molar-refractivity contribution < 1.29 is 14.5 Å². The number of esters is 1. The summed E-state index contributed by atoms with van der Waals surface area (Å²) in [6, 6.07) is 4.39. The van der Waals surface area contributed by atoms with Gasteiger partial charge in [0.25, 0.3) is 5.69 Å². The molecule has 1 aliphatic heterocycles. The lowest BCUT2D eigenvalue weighted by Gasteiger charge is -2.33. The van der Waals surface area contributed by atoms with Gasteiger partial charge in [0.15, 0.2) is 0 Å². The van der Waals surface area contributed by atoms with E-state index >= 15 is 0 Å². The average molecular weight is 442 g/mol. The van der Waals surface area contributed by atoms with Crippen LogP contribution in [0.15, 0.2) is 36.0 Å². The van der Waals surface area contributed by atoms with E-state index in [1.807, 2.05) is 18.6 Å². The lowest BCUT2D eigenvalue weighted by Crippen LogP contribution is -2.34. The van der Waals surface area contributed by atoms with Crippen LogP contribution < -0.4 is 4.90 Å². The number of rotatable bonds is 6. The lowest BCUT2D eigenvalue weighted by molar-refractivity contribution is -0.384. The largest absolute Gasteiger partial charge is 0.455 e. The predicted molar refractivity (Wildman–Crippen MR) is 117 cm³/mol. The zero-order chi connectivity index (χ0) is 22.0. The molecule has 0 atom stereocenters. The quantitative estimate of drug-likeness (QED) is 0.323. The van der Waals surface area contributed by atoms with Gasteiger partial charge in [-0.05, 0) is 24.8 Å². The fourth-order valence-electron chi connectivity index (χ4n) is 3.58. The molecular weight excluding hydrogens is 418 g/mol. The van der Waals surface area contributed by atoms with E-state index in [0.717, 1.165) is 36.5 Å². The summed E-state index contributed by atoms with van der Waals surface area (Å²) in [6.45, 7) is 3.81. The Labute approximate surface area is 183 Å². The standard InChI is InChI=1S/C21H23N5O4S/c1-14-5-7-25(8-6-14)19-4-3-17(26(28)29)9-18(19)21(27)30-12-16-13-31-20(23-16)15-10-22-24(2)11-15/h3-4,9-11,13-14H,5-8,12H2,1-2H3. The van der Waals surface area contributed by atoms with E-state index in [1.54, 1.807) is 16.9 Å². The summed E-state index contributed by atoms with van der Waals surface area (Å²) in [5, 5.41) is 18.0. The van der Waals surface area contributed by atoms with Crippen molar-refractivity contribution in [1.29, 1.82) is 0 Å². The van der Waals surface area contributed by atoms with E-state index < -0.39 is 10.9 Å². The third-order valence-corrected chi connectivity index (χ3v) is 6.33. The van der Waals surface area contributed by atoms with Gasteiger partial charge >= 0.3 is 5.97 Å². The molecule has 0 N–H and O–H groups in total. The van der Waals surface area contributed by atoms with Gasteiger partial charge in [-0.25, -0.2) is 9.78 Å². The number of aromatic nitrogens is 3. The molecule has 10 heteroatoms. The first kappa shape index (κ1) is 21.0. The molecule has 1 aromatic carbocycles. The van der Waals surface area contributed by atoms with E-state index in [4.69, 9.17) is 4.74 Å². The van der Waals surface area contributed by atoms with Crippen LogP contribution in [-0.4, -0.2) is 38.7 Å². The summed E-state index contributed by atoms with van der Waals surface area (Å²) in [4.78, 5) is 30.2. The third kappa shape index (κ3) is 4.74. The molecule has 0 bridgehead atoms. The number of carbonyl (C=O) groups is 1. The smallest absolute Gasteiger partial charge is 0.340 e. The maximum absolute atomic E-state index is 12.9. The Kier molecular flexibility index (Phi) is 5.99. The molecule has 2 aromatic heterocycles. The molecule has 9 nitrogen and oxygen atoms in total. The summed E-state index contributed by atoms with van der Waals surface area (Å²) >= 11 is 1.44. The van der Waals surface area contributed by atoms with Gasteiger partial charge in [-0.1, -0.05) is 6.92 Å². The third-order valence-electron chi connectivity index (χ3n) is 5.39. The minimum Gasteiger partial charge on any atom is -0.455 e. The molecule has 1 fully saturated rings. The average Bonchev–Trinajstić information content (AvgIpc) is 3.41. The SMILES string of the molecule is CC1CCN(c2ccc([N+](=O)[O-])cc2C(=O)OCc2csc(-c3cnn(C)c3)n2)CC1. The van der Waals surface area contributed by atoms with Crippen molar-refractivity contribution in [2.45, 2.75) is 26.4 Å². The fourth-order valence-corrected chi connectivity index (χ4v) is 4.36. The zero-order valence-electron chi connectivity index (χ0n) is 17.4. The Hall–Kier alpha value is -3.27. The second-order valence-electron chi connectivity index (χ2n) is 7.75. The van der Waals surface area contributed by atoms with Crippen LogP contribution in [0, 0.1) is 16.0 Å². The van der Waals surface area contributed by atoms with Crippen LogP contribution in [0.25, 0.3) is 10.6 Å². The molecule has 1 saturated heterocycles. The van der Waals surface area contributed by atoms with Crippen molar-refractivity contribution in [3.8, 4) is 10.6 Å². The Morgan fingerprint density at radius 1 is 1.35 bits per heavy atom. The maximum Gasteiger partial charge on any atom is 0.340 e. The van der Waals surface area contributed by atoms with Crippen LogP contribution in [0.2, 0.25) is 0 Å². The summed E-state index contributed by atoms with van der Waals surface area (Å²) in [5.74, 6) is 0.0385. The number of ether oxygens (including phenoxy) is 1. The van der Waals surface area contributed by atoms with Gasteiger partial charge in [-0.2, -0.15) is 5.10 Å². The number of nitro benzene ring substituents is 1. The van der Waals surface area contributed by atoms with Crippen molar-refractivity contribution >= 4 is 28.7 Å². The molecule has 0 radical (unpaired) electrons. The first-order valence-electron chi connectivity index (χ1n) is 10.0. The number of nitro groups is 1. The van der Waals surface area contributed by atoms with Crippen LogP contribution in [0.1, 0.15) is 35.8 Å². The maximum atomic E-state index is 12.9. The molecular formula is C21H23N5O4S. The monoisotopic (exact) mass is 441 g/mol. The molecule has 162 valence electrons. The highest BCUT2D eigenvalue weighted by atomic mass is 32.1. The summed E-state index contributed by atoms with van der Waals surface area (Å²) < 4.78 is 7.19. The molecule has 1 aliphatic rings. The Bertz CT molecular complexity index is 1100. The number of hydrogen-bond acceptors (Lipinski definition) is 8. The van der Waals surface area contributed by atoms with Crippen molar-refractivity contribution in [2.75, 3.05) is 18.0 Å². The molecule has 3 aromatic rings.